The summed E-state index contributed by atoms with van der Waals surface area (Å²) >= 11 is 0. The average molecular weight is 346 g/mol. The molecular weight excluding hydrogens is 324 g/mol. The molecule has 0 radical (unpaired) electrons. The van der Waals surface area contributed by atoms with E-state index in [1.54, 1.807) is 29.2 Å². The number of carbonyl (C=O) groups is 3. The number of benzene rings is 1. The summed E-state index contributed by atoms with van der Waals surface area (Å²) in [6, 6.07) is 6.69. The number of likely N-dealkylation sites (tertiary alicyclic amines) is 1. The number of primary amides is 1. The van der Waals surface area contributed by atoms with Crippen LogP contribution in [-0.4, -0.2) is 48.5 Å². The van der Waals surface area contributed by atoms with Crippen LogP contribution in [0.25, 0.3) is 0 Å². The molecule has 134 valence electrons. The Morgan fingerprint density at radius 3 is 2.36 bits per heavy atom. The minimum absolute atomic E-state index is 0.192. The fourth-order valence-electron chi connectivity index (χ4n) is 2.44. The number of hydrazone groups is 1. The third kappa shape index (κ3) is 6.25. The number of carbonyl (C=O) groups excluding carboxylic acids is 3. The fraction of sp³-hybridized carbons (Fsp3) is 0.412. The second-order valence-electron chi connectivity index (χ2n) is 5.73. The first-order chi connectivity index (χ1) is 12.1. The Bertz CT molecular complexity index is 635. The summed E-state index contributed by atoms with van der Waals surface area (Å²) in [5.41, 5.74) is 7.95. The molecule has 0 unspecified atom stereocenters. The van der Waals surface area contributed by atoms with Crippen LogP contribution in [0.3, 0.4) is 0 Å². The van der Waals surface area contributed by atoms with Crippen molar-refractivity contribution >= 4 is 23.9 Å². The maximum atomic E-state index is 12.1. The molecule has 1 saturated heterocycles. The molecule has 25 heavy (non-hydrogen) atoms. The third-order valence-corrected chi connectivity index (χ3v) is 3.73. The highest BCUT2D eigenvalue weighted by Gasteiger charge is 2.22. The molecule has 1 aromatic carbocycles. The van der Waals surface area contributed by atoms with Crippen molar-refractivity contribution in [3.63, 3.8) is 0 Å². The van der Waals surface area contributed by atoms with Crippen LogP contribution in [0.5, 0.6) is 5.75 Å². The van der Waals surface area contributed by atoms with Gasteiger partial charge in [-0.2, -0.15) is 5.10 Å². The van der Waals surface area contributed by atoms with Crippen molar-refractivity contribution in [1.29, 1.82) is 0 Å². The summed E-state index contributed by atoms with van der Waals surface area (Å²) in [5.74, 6) is -1.34. The second kappa shape index (κ2) is 9.41. The van der Waals surface area contributed by atoms with E-state index in [1.165, 1.54) is 6.21 Å². The molecule has 1 aliphatic rings. The second-order valence-corrected chi connectivity index (χ2v) is 5.73. The molecule has 0 spiro atoms. The van der Waals surface area contributed by atoms with Crippen molar-refractivity contribution in [2.24, 2.45) is 10.8 Å². The molecule has 3 amide bonds. The topological polar surface area (TPSA) is 114 Å². The van der Waals surface area contributed by atoms with Crippen molar-refractivity contribution in [2.45, 2.75) is 25.7 Å². The van der Waals surface area contributed by atoms with Crippen LogP contribution in [0.4, 0.5) is 0 Å². The van der Waals surface area contributed by atoms with Crippen LogP contribution in [0.15, 0.2) is 29.4 Å². The zero-order chi connectivity index (χ0) is 18.1. The fourth-order valence-corrected chi connectivity index (χ4v) is 2.44. The highest BCUT2D eigenvalue weighted by atomic mass is 16.5. The van der Waals surface area contributed by atoms with E-state index in [-0.39, 0.29) is 6.61 Å². The minimum atomic E-state index is -0.737. The summed E-state index contributed by atoms with van der Waals surface area (Å²) in [7, 11) is 0. The minimum Gasteiger partial charge on any atom is -0.484 e. The van der Waals surface area contributed by atoms with E-state index < -0.39 is 17.7 Å². The van der Waals surface area contributed by atoms with Gasteiger partial charge in [0.1, 0.15) is 5.75 Å². The number of hydrogen-bond donors (Lipinski definition) is 2. The van der Waals surface area contributed by atoms with Crippen LogP contribution in [-0.2, 0) is 14.4 Å². The third-order valence-electron chi connectivity index (χ3n) is 3.73. The Hall–Kier alpha value is -2.90. The summed E-state index contributed by atoms with van der Waals surface area (Å²) in [6.07, 6.45) is 5.44. The van der Waals surface area contributed by atoms with E-state index >= 15 is 0 Å². The number of nitrogens with one attached hydrogen (secondary N) is 1. The van der Waals surface area contributed by atoms with Crippen LogP contribution < -0.4 is 15.9 Å². The van der Waals surface area contributed by atoms with Gasteiger partial charge in [0.2, 0.25) is 0 Å². The summed E-state index contributed by atoms with van der Waals surface area (Å²) < 4.78 is 5.13. The molecule has 2 rings (SSSR count). The molecule has 1 heterocycles. The number of nitrogens with two attached hydrogens (primary N) is 1. The number of nitrogens with zero attached hydrogens (tertiary/aromatic N) is 2. The van der Waals surface area contributed by atoms with Crippen molar-refractivity contribution in [3.8, 4) is 5.75 Å². The predicted octanol–water partition coefficient (Wildman–Crippen LogP) is 0.403. The van der Waals surface area contributed by atoms with E-state index in [0.29, 0.717) is 24.4 Å². The van der Waals surface area contributed by atoms with Crippen LogP contribution in [0.1, 0.15) is 31.2 Å². The molecule has 0 bridgehead atoms. The SMILES string of the molecule is NC(=O)COc1ccc(/C=N\NC(=O)C(=O)N2CCCCCC2)cc1. The first kappa shape index (κ1) is 18.4. The molecule has 0 aromatic heterocycles. The normalized spacial score (nSPS) is 14.8. The van der Waals surface area contributed by atoms with Crippen LogP contribution in [0.2, 0.25) is 0 Å². The Labute approximate surface area is 146 Å². The number of amides is 3. The lowest BCUT2D eigenvalue weighted by Gasteiger charge is -2.18. The molecule has 8 heteroatoms. The zero-order valence-electron chi connectivity index (χ0n) is 13.9. The predicted molar refractivity (Wildman–Crippen MR) is 91.9 cm³/mol. The molecule has 3 N–H and O–H groups in total. The first-order valence-electron chi connectivity index (χ1n) is 8.20. The molecule has 0 atom stereocenters. The van der Waals surface area contributed by atoms with E-state index in [4.69, 9.17) is 10.5 Å². The highest BCUT2D eigenvalue weighted by molar-refractivity contribution is 6.35. The Balaban J connectivity index is 1.82. The van der Waals surface area contributed by atoms with Gasteiger partial charge in [-0.1, -0.05) is 12.8 Å². The number of ether oxygens (including phenoxy) is 1. The van der Waals surface area contributed by atoms with Crippen LogP contribution >= 0.6 is 0 Å². The van der Waals surface area contributed by atoms with Gasteiger partial charge in [-0.3, -0.25) is 14.4 Å². The van der Waals surface area contributed by atoms with Crippen LogP contribution in [0, 0.1) is 0 Å². The van der Waals surface area contributed by atoms with Gasteiger partial charge in [-0.15, -0.1) is 0 Å². The van der Waals surface area contributed by atoms with Gasteiger partial charge in [-0.25, -0.2) is 5.43 Å². The molecule has 0 aliphatic carbocycles. The Morgan fingerprint density at radius 1 is 1.12 bits per heavy atom. The van der Waals surface area contributed by atoms with Gasteiger partial charge in [0.25, 0.3) is 5.91 Å². The standard InChI is InChI=1S/C17H22N4O4/c18-15(22)12-25-14-7-5-13(6-8-14)11-19-20-16(23)17(24)21-9-3-1-2-4-10-21/h5-8,11H,1-4,9-10,12H2,(H2,18,22)(H,20,23)/b19-11-. The van der Waals surface area contributed by atoms with E-state index in [2.05, 4.69) is 10.5 Å². The van der Waals surface area contributed by atoms with E-state index in [1.807, 2.05) is 0 Å². The maximum Gasteiger partial charge on any atom is 0.329 e. The van der Waals surface area contributed by atoms with Gasteiger partial charge >= 0.3 is 11.8 Å². The lowest BCUT2D eigenvalue weighted by Crippen LogP contribution is -2.41. The summed E-state index contributed by atoms with van der Waals surface area (Å²) in [4.78, 5) is 36.1. The van der Waals surface area contributed by atoms with E-state index in [9.17, 15) is 14.4 Å². The van der Waals surface area contributed by atoms with Gasteiger partial charge in [0, 0.05) is 13.1 Å². The zero-order valence-corrected chi connectivity index (χ0v) is 13.9. The molecule has 1 aromatic rings. The van der Waals surface area contributed by atoms with Crippen molar-refractivity contribution in [3.05, 3.63) is 29.8 Å². The number of rotatable bonds is 5. The monoisotopic (exact) mass is 346 g/mol. The van der Waals surface area contributed by atoms with Gasteiger partial charge < -0.3 is 15.4 Å². The Morgan fingerprint density at radius 2 is 1.76 bits per heavy atom. The number of hydrogen-bond acceptors (Lipinski definition) is 5. The van der Waals surface area contributed by atoms with Gasteiger partial charge in [-0.05, 0) is 42.7 Å². The molecular formula is C17H22N4O4. The smallest absolute Gasteiger partial charge is 0.329 e. The quantitative estimate of drug-likeness (QED) is 0.456. The highest BCUT2D eigenvalue weighted by Crippen LogP contribution is 2.11. The average Bonchev–Trinajstić information content (AvgIpc) is 2.89. The van der Waals surface area contributed by atoms with Gasteiger partial charge in [0.15, 0.2) is 6.61 Å². The van der Waals surface area contributed by atoms with Gasteiger partial charge in [0.05, 0.1) is 6.21 Å². The molecule has 0 saturated carbocycles. The van der Waals surface area contributed by atoms with Crippen molar-refractivity contribution < 1.29 is 19.1 Å². The summed E-state index contributed by atoms with van der Waals surface area (Å²) in [6.45, 7) is 1.04. The molecule has 1 aliphatic heterocycles. The largest absolute Gasteiger partial charge is 0.484 e. The lowest BCUT2D eigenvalue weighted by atomic mass is 10.2. The van der Waals surface area contributed by atoms with Crippen molar-refractivity contribution in [2.75, 3.05) is 19.7 Å². The Kier molecular flexibility index (Phi) is 6.94. The maximum absolute atomic E-state index is 12.1. The lowest BCUT2D eigenvalue weighted by molar-refractivity contribution is -0.145. The molecule has 8 nitrogen and oxygen atoms in total. The van der Waals surface area contributed by atoms with E-state index in [0.717, 1.165) is 25.7 Å². The first-order valence-corrected chi connectivity index (χ1v) is 8.20. The molecule has 1 fully saturated rings. The van der Waals surface area contributed by atoms with Crippen molar-refractivity contribution in [1.82, 2.24) is 10.3 Å². The summed E-state index contributed by atoms with van der Waals surface area (Å²) in [5, 5.41) is 3.80.